The summed E-state index contributed by atoms with van der Waals surface area (Å²) in [6, 6.07) is 10.9. The molecule has 3 aromatic rings. The van der Waals surface area contributed by atoms with E-state index < -0.39 is 5.92 Å². The van der Waals surface area contributed by atoms with Crippen LogP contribution in [0.2, 0.25) is 0 Å². The predicted molar refractivity (Wildman–Crippen MR) is 87.5 cm³/mol. The quantitative estimate of drug-likeness (QED) is 0.745. The maximum atomic E-state index is 12.5. The first-order valence-corrected chi connectivity index (χ1v) is 7.31. The van der Waals surface area contributed by atoms with Gasteiger partial charge in [-0.05, 0) is 30.7 Å². The molecule has 0 aliphatic rings. The van der Waals surface area contributed by atoms with E-state index in [0.29, 0.717) is 16.7 Å². The highest BCUT2D eigenvalue weighted by atomic mass is 16.3. The zero-order valence-corrected chi connectivity index (χ0v) is 12.9. The standard InChI is InChI=1S/C18H16N2O3/c1-11(13-6-5-9-19-10-13)18(22)20-16-14-7-3-4-8-15(14)23-17(16)12(2)21/h3-11H,1-2H3,(H,20,22). The number of benzene rings is 1. The largest absolute Gasteiger partial charge is 0.451 e. The van der Waals surface area contributed by atoms with Crippen molar-refractivity contribution in [2.24, 2.45) is 0 Å². The molecule has 1 atom stereocenters. The van der Waals surface area contributed by atoms with Gasteiger partial charge in [-0.1, -0.05) is 18.2 Å². The van der Waals surface area contributed by atoms with Gasteiger partial charge in [0.2, 0.25) is 5.91 Å². The Labute approximate surface area is 133 Å². The third-order valence-corrected chi connectivity index (χ3v) is 3.74. The van der Waals surface area contributed by atoms with Crippen LogP contribution in [-0.4, -0.2) is 16.7 Å². The molecule has 3 rings (SSSR count). The van der Waals surface area contributed by atoms with Crippen molar-refractivity contribution < 1.29 is 14.0 Å². The van der Waals surface area contributed by atoms with Gasteiger partial charge in [0.25, 0.3) is 0 Å². The minimum atomic E-state index is -0.392. The predicted octanol–water partition coefficient (Wildman–Crippen LogP) is 3.77. The van der Waals surface area contributed by atoms with Gasteiger partial charge in [-0.2, -0.15) is 0 Å². The number of rotatable bonds is 4. The number of nitrogens with zero attached hydrogens (tertiary/aromatic N) is 1. The molecular formula is C18H16N2O3. The highest BCUT2D eigenvalue weighted by Gasteiger charge is 2.22. The van der Waals surface area contributed by atoms with Crippen molar-refractivity contribution in [1.82, 2.24) is 4.98 Å². The van der Waals surface area contributed by atoms with E-state index >= 15 is 0 Å². The minimum Gasteiger partial charge on any atom is -0.451 e. The number of carbonyl (C=O) groups excluding carboxylic acids is 2. The van der Waals surface area contributed by atoms with Gasteiger partial charge in [0.05, 0.1) is 11.6 Å². The van der Waals surface area contributed by atoms with Crippen LogP contribution in [0.1, 0.15) is 35.9 Å². The molecule has 2 aromatic heterocycles. The van der Waals surface area contributed by atoms with Gasteiger partial charge in [-0.15, -0.1) is 0 Å². The normalized spacial score (nSPS) is 12.1. The lowest BCUT2D eigenvalue weighted by atomic mass is 10.0. The van der Waals surface area contributed by atoms with Crippen molar-refractivity contribution in [3.8, 4) is 0 Å². The molecule has 0 saturated heterocycles. The van der Waals surface area contributed by atoms with Crippen LogP contribution in [0.4, 0.5) is 5.69 Å². The first-order chi connectivity index (χ1) is 11.1. The molecule has 5 heteroatoms. The van der Waals surface area contributed by atoms with Crippen LogP contribution in [0.5, 0.6) is 0 Å². The Hall–Kier alpha value is -2.95. The molecule has 0 spiro atoms. The Bertz CT molecular complexity index is 868. The second kappa shape index (κ2) is 6.04. The Kier molecular flexibility index (Phi) is 3.93. The number of aromatic nitrogens is 1. The molecule has 116 valence electrons. The number of carbonyl (C=O) groups is 2. The van der Waals surface area contributed by atoms with Crippen LogP contribution in [0.15, 0.2) is 53.2 Å². The summed E-state index contributed by atoms with van der Waals surface area (Å²) < 4.78 is 5.57. The number of pyridine rings is 1. The lowest BCUT2D eigenvalue weighted by molar-refractivity contribution is -0.117. The highest BCUT2D eigenvalue weighted by Crippen LogP contribution is 2.32. The van der Waals surface area contributed by atoms with Gasteiger partial charge in [-0.3, -0.25) is 14.6 Å². The molecule has 1 N–H and O–H groups in total. The molecule has 5 nitrogen and oxygen atoms in total. The molecule has 0 saturated carbocycles. The monoisotopic (exact) mass is 308 g/mol. The number of hydrogen-bond donors (Lipinski definition) is 1. The number of nitrogens with one attached hydrogen (secondary N) is 1. The third-order valence-electron chi connectivity index (χ3n) is 3.74. The summed E-state index contributed by atoms with van der Waals surface area (Å²) in [7, 11) is 0. The SMILES string of the molecule is CC(=O)c1oc2ccccc2c1NC(=O)C(C)c1cccnc1. The first kappa shape index (κ1) is 15.0. The van der Waals surface area contributed by atoms with Crippen LogP contribution >= 0.6 is 0 Å². The van der Waals surface area contributed by atoms with Gasteiger partial charge in [0.1, 0.15) is 5.58 Å². The van der Waals surface area contributed by atoms with Crippen LogP contribution in [0, 0.1) is 0 Å². The maximum absolute atomic E-state index is 12.5. The van der Waals surface area contributed by atoms with E-state index in [1.54, 1.807) is 31.5 Å². The summed E-state index contributed by atoms with van der Waals surface area (Å²) in [6.07, 6.45) is 3.31. The van der Waals surface area contributed by atoms with Crippen LogP contribution in [0.25, 0.3) is 11.0 Å². The zero-order valence-electron chi connectivity index (χ0n) is 12.9. The first-order valence-electron chi connectivity index (χ1n) is 7.31. The molecule has 0 radical (unpaired) electrons. The molecule has 23 heavy (non-hydrogen) atoms. The molecule has 1 amide bonds. The summed E-state index contributed by atoms with van der Waals surface area (Å²) in [5.41, 5.74) is 1.80. The van der Waals surface area contributed by atoms with Crippen LogP contribution in [0.3, 0.4) is 0 Å². The van der Waals surface area contributed by atoms with Gasteiger partial charge in [0, 0.05) is 24.7 Å². The van der Waals surface area contributed by atoms with Crippen molar-refractivity contribution in [3.05, 3.63) is 60.1 Å². The number of furan rings is 1. The summed E-state index contributed by atoms with van der Waals surface area (Å²) in [6.45, 7) is 3.21. The zero-order chi connectivity index (χ0) is 16.4. The molecule has 0 aliphatic heterocycles. The molecule has 0 fully saturated rings. The van der Waals surface area contributed by atoms with E-state index in [4.69, 9.17) is 4.42 Å². The van der Waals surface area contributed by atoms with Gasteiger partial charge < -0.3 is 9.73 Å². The highest BCUT2D eigenvalue weighted by molar-refractivity contribution is 6.11. The Morgan fingerprint density at radius 1 is 1.17 bits per heavy atom. The summed E-state index contributed by atoms with van der Waals surface area (Å²) in [5.74, 6) is -0.673. The molecular weight excluding hydrogens is 292 g/mol. The number of Topliss-reactive ketones (excluding diaryl/α,β-unsaturated/α-hetero) is 1. The summed E-state index contributed by atoms with van der Waals surface area (Å²) in [5, 5.41) is 3.54. The summed E-state index contributed by atoms with van der Waals surface area (Å²) >= 11 is 0. The van der Waals surface area contributed by atoms with Crippen molar-refractivity contribution in [2.75, 3.05) is 5.32 Å². The number of fused-ring (bicyclic) bond motifs is 1. The Morgan fingerprint density at radius 3 is 2.65 bits per heavy atom. The molecule has 0 bridgehead atoms. The number of anilines is 1. The topological polar surface area (TPSA) is 72.2 Å². The minimum absolute atomic E-state index is 0.165. The Morgan fingerprint density at radius 2 is 1.96 bits per heavy atom. The van der Waals surface area contributed by atoms with E-state index in [9.17, 15) is 9.59 Å². The Balaban J connectivity index is 1.96. The average Bonchev–Trinajstić information content (AvgIpc) is 2.94. The van der Waals surface area contributed by atoms with Crippen molar-refractivity contribution in [2.45, 2.75) is 19.8 Å². The fourth-order valence-electron chi connectivity index (χ4n) is 2.43. The second-order valence-corrected chi connectivity index (χ2v) is 5.36. The summed E-state index contributed by atoms with van der Waals surface area (Å²) in [4.78, 5) is 28.4. The lowest BCUT2D eigenvalue weighted by Gasteiger charge is -2.12. The van der Waals surface area contributed by atoms with Crippen molar-refractivity contribution in [3.63, 3.8) is 0 Å². The lowest BCUT2D eigenvalue weighted by Crippen LogP contribution is -2.19. The molecule has 1 unspecified atom stereocenters. The number of para-hydroxylation sites is 1. The third kappa shape index (κ3) is 2.85. The molecule has 2 heterocycles. The molecule has 1 aromatic carbocycles. The number of amides is 1. The fourth-order valence-corrected chi connectivity index (χ4v) is 2.43. The van der Waals surface area contributed by atoms with E-state index in [0.717, 1.165) is 5.56 Å². The van der Waals surface area contributed by atoms with Crippen LogP contribution < -0.4 is 5.32 Å². The van der Waals surface area contributed by atoms with E-state index in [-0.39, 0.29) is 17.5 Å². The second-order valence-electron chi connectivity index (χ2n) is 5.36. The molecule has 0 aliphatic carbocycles. The van der Waals surface area contributed by atoms with E-state index in [1.807, 2.05) is 24.3 Å². The maximum Gasteiger partial charge on any atom is 0.231 e. The van der Waals surface area contributed by atoms with E-state index in [1.165, 1.54) is 6.92 Å². The van der Waals surface area contributed by atoms with E-state index in [2.05, 4.69) is 10.3 Å². The fraction of sp³-hybridized carbons (Fsp3) is 0.167. The number of hydrogen-bond acceptors (Lipinski definition) is 4. The van der Waals surface area contributed by atoms with Crippen molar-refractivity contribution in [1.29, 1.82) is 0 Å². The van der Waals surface area contributed by atoms with Gasteiger partial charge in [-0.25, -0.2) is 0 Å². The van der Waals surface area contributed by atoms with Gasteiger partial charge in [0.15, 0.2) is 11.5 Å². The smallest absolute Gasteiger partial charge is 0.231 e. The van der Waals surface area contributed by atoms with Crippen LogP contribution in [-0.2, 0) is 4.79 Å². The number of ketones is 1. The van der Waals surface area contributed by atoms with Gasteiger partial charge >= 0.3 is 0 Å². The van der Waals surface area contributed by atoms with Crippen molar-refractivity contribution >= 4 is 28.3 Å². The average molecular weight is 308 g/mol.